The van der Waals surface area contributed by atoms with Gasteiger partial charge in [-0.25, -0.2) is 4.68 Å². The number of hydrogen-bond donors (Lipinski definition) is 1. The summed E-state index contributed by atoms with van der Waals surface area (Å²) >= 11 is 0. The Kier molecular flexibility index (Phi) is 6.77. The van der Waals surface area contributed by atoms with Crippen LogP contribution in [0.5, 0.6) is 5.75 Å². The van der Waals surface area contributed by atoms with Crippen molar-refractivity contribution < 1.29 is 9.84 Å². The van der Waals surface area contributed by atoms with E-state index in [2.05, 4.69) is 47.8 Å². The predicted octanol–water partition coefficient (Wildman–Crippen LogP) is 5.62. The third-order valence-corrected chi connectivity index (χ3v) is 8.30. The van der Waals surface area contributed by atoms with Crippen molar-refractivity contribution in [2.45, 2.75) is 58.1 Å². The Balaban J connectivity index is 1.57. The van der Waals surface area contributed by atoms with Crippen molar-refractivity contribution in [3.63, 3.8) is 0 Å². The molecule has 1 aliphatic heterocycles. The van der Waals surface area contributed by atoms with Crippen LogP contribution in [0.25, 0.3) is 10.9 Å². The van der Waals surface area contributed by atoms with Gasteiger partial charge in [0.15, 0.2) is 5.69 Å². The quantitative estimate of drug-likeness (QED) is 0.364. The number of aromatic hydroxyl groups is 1. The van der Waals surface area contributed by atoms with E-state index in [1.54, 1.807) is 12.1 Å². The maximum atomic E-state index is 9.74. The molecule has 7 heteroatoms. The van der Waals surface area contributed by atoms with E-state index in [0.29, 0.717) is 24.1 Å². The Labute approximate surface area is 197 Å². The number of fused-ring (bicyclic) bond motifs is 1. The van der Waals surface area contributed by atoms with E-state index in [1.807, 2.05) is 23.7 Å². The molecule has 0 amide bonds. The maximum Gasteiger partial charge on any atom is 0.170 e. The van der Waals surface area contributed by atoms with E-state index in [9.17, 15) is 10.4 Å². The number of rotatable bonds is 7. The number of benzene rings is 2. The van der Waals surface area contributed by atoms with Crippen molar-refractivity contribution in [2.75, 3.05) is 24.6 Å². The van der Waals surface area contributed by atoms with Crippen LogP contribution in [0.1, 0.15) is 35.6 Å². The molecule has 0 spiro atoms. The summed E-state index contributed by atoms with van der Waals surface area (Å²) in [5, 5.41) is 24.9. The van der Waals surface area contributed by atoms with Gasteiger partial charge < -0.3 is 14.7 Å². The summed E-state index contributed by atoms with van der Waals surface area (Å²) in [5.41, 5.74) is 4.95. The SMILES string of the molecule is Cc1ccc(N2CCC(c3ccc(O)cc3)CC2)c2c1c(C#N)nn2COCC[Si](C)(C)C. The summed E-state index contributed by atoms with van der Waals surface area (Å²) in [4.78, 5) is 2.42. The van der Waals surface area contributed by atoms with Crippen molar-refractivity contribution in [1.29, 1.82) is 5.26 Å². The number of aromatic nitrogens is 2. The molecule has 0 radical (unpaired) electrons. The molecule has 2 aromatic carbocycles. The molecule has 1 fully saturated rings. The average Bonchev–Trinajstić information content (AvgIpc) is 3.17. The fourth-order valence-electron chi connectivity index (χ4n) is 4.62. The van der Waals surface area contributed by atoms with Crippen LogP contribution >= 0.6 is 0 Å². The van der Waals surface area contributed by atoms with Crippen LogP contribution in [0.3, 0.4) is 0 Å². The number of nitrogens with zero attached hydrogens (tertiary/aromatic N) is 4. The first-order chi connectivity index (χ1) is 15.8. The Hall–Kier alpha value is -2.82. The van der Waals surface area contributed by atoms with Gasteiger partial charge >= 0.3 is 0 Å². The van der Waals surface area contributed by atoms with Crippen molar-refractivity contribution in [2.24, 2.45) is 0 Å². The molecule has 174 valence electrons. The molecule has 3 aromatic rings. The molecule has 0 saturated carbocycles. The van der Waals surface area contributed by atoms with Gasteiger partial charge in [0.25, 0.3) is 0 Å². The standard InChI is InChI=1S/C26H34N4O2Si/c1-19-5-10-24(29-13-11-21(12-14-29)20-6-8-22(31)9-7-20)26-25(19)23(17-27)28-30(26)18-32-15-16-33(2,3)4/h5-10,21,31H,11-16,18H2,1-4H3. The number of aryl methyl sites for hydroxylation is 1. The number of phenols is 1. The molecule has 1 saturated heterocycles. The third kappa shape index (κ3) is 5.23. The Morgan fingerprint density at radius 3 is 2.45 bits per heavy atom. The lowest BCUT2D eigenvalue weighted by Crippen LogP contribution is -2.33. The molecule has 0 aliphatic carbocycles. The van der Waals surface area contributed by atoms with Crippen LogP contribution in [0, 0.1) is 18.3 Å². The molecule has 1 N–H and O–H groups in total. The largest absolute Gasteiger partial charge is 0.508 e. The maximum absolute atomic E-state index is 9.74. The lowest BCUT2D eigenvalue weighted by atomic mass is 9.89. The zero-order valence-electron chi connectivity index (χ0n) is 20.1. The first-order valence-corrected chi connectivity index (χ1v) is 15.5. The second-order valence-corrected chi connectivity index (χ2v) is 15.9. The summed E-state index contributed by atoms with van der Waals surface area (Å²) in [5.74, 6) is 0.805. The van der Waals surface area contributed by atoms with E-state index in [1.165, 1.54) is 5.56 Å². The van der Waals surface area contributed by atoms with E-state index in [0.717, 1.165) is 60.7 Å². The molecule has 4 rings (SSSR count). The van der Waals surface area contributed by atoms with E-state index >= 15 is 0 Å². The molecule has 0 unspecified atom stereocenters. The van der Waals surface area contributed by atoms with Gasteiger partial charge in [-0.05, 0) is 61.1 Å². The van der Waals surface area contributed by atoms with Crippen molar-refractivity contribution in [3.8, 4) is 11.8 Å². The summed E-state index contributed by atoms with van der Waals surface area (Å²) in [6, 6.07) is 15.3. The van der Waals surface area contributed by atoms with Gasteiger partial charge in [-0.15, -0.1) is 0 Å². The summed E-state index contributed by atoms with van der Waals surface area (Å²) in [7, 11) is -1.16. The van der Waals surface area contributed by atoms with Gasteiger partial charge in [-0.1, -0.05) is 37.8 Å². The Morgan fingerprint density at radius 2 is 1.82 bits per heavy atom. The Bertz CT molecular complexity index is 1150. The fraction of sp³-hybridized carbons (Fsp3) is 0.462. The minimum Gasteiger partial charge on any atom is -0.508 e. The summed E-state index contributed by atoms with van der Waals surface area (Å²) in [6.45, 7) is 12.0. The first kappa shape index (κ1) is 23.3. The molecule has 1 aliphatic rings. The van der Waals surface area contributed by atoms with Crippen molar-refractivity contribution in [1.82, 2.24) is 9.78 Å². The summed E-state index contributed by atoms with van der Waals surface area (Å²) in [6.07, 6.45) is 2.10. The molecule has 33 heavy (non-hydrogen) atoms. The zero-order chi connectivity index (χ0) is 23.6. The molecule has 6 nitrogen and oxygen atoms in total. The minimum absolute atomic E-state index is 0.312. The van der Waals surface area contributed by atoms with Crippen LogP contribution in [-0.2, 0) is 11.5 Å². The molecule has 0 atom stereocenters. The van der Waals surface area contributed by atoms with E-state index < -0.39 is 8.07 Å². The highest BCUT2D eigenvalue weighted by Gasteiger charge is 2.25. The lowest BCUT2D eigenvalue weighted by molar-refractivity contribution is 0.0816. The normalized spacial score (nSPS) is 15.2. The van der Waals surface area contributed by atoms with Gasteiger partial charge in [0, 0.05) is 33.2 Å². The number of anilines is 1. The van der Waals surface area contributed by atoms with Crippen LogP contribution in [0.4, 0.5) is 5.69 Å². The average molecular weight is 463 g/mol. The number of phenolic OH excluding ortho intramolecular Hbond substituents is 1. The summed E-state index contributed by atoms with van der Waals surface area (Å²) < 4.78 is 7.90. The van der Waals surface area contributed by atoms with Crippen molar-refractivity contribution in [3.05, 3.63) is 53.2 Å². The Morgan fingerprint density at radius 1 is 1.12 bits per heavy atom. The van der Waals surface area contributed by atoms with Crippen LogP contribution in [0.2, 0.25) is 25.7 Å². The van der Waals surface area contributed by atoms with Crippen LogP contribution < -0.4 is 4.90 Å². The molecular weight excluding hydrogens is 428 g/mol. The molecule has 0 bridgehead atoms. The lowest BCUT2D eigenvalue weighted by Gasteiger charge is -2.34. The highest BCUT2D eigenvalue weighted by atomic mass is 28.3. The zero-order valence-corrected chi connectivity index (χ0v) is 21.1. The second-order valence-electron chi connectivity index (χ2n) is 10.3. The number of ether oxygens (including phenoxy) is 1. The highest BCUT2D eigenvalue weighted by molar-refractivity contribution is 6.76. The van der Waals surface area contributed by atoms with Gasteiger partial charge in [0.05, 0.1) is 11.2 Å². The van der Waals surface area contributed by atoms with Gasteiger partial charge in [0.2, 0.25) is 0 Å². The number of nitriles is 1. The van der Waals surface area contributed by atoms with Crippen LogP contribution in [-0.4, -0.2) is 42.7 Å². The van der Waals surface area contributed by atoms with Crippen molar-refractivity contribution >= 4 is 24.7 Å². The molecule has 1 aromatic heterocycles. The molecular formula is C26H34N4O2Si. The highest BCUT2D eigenvalue weighted by Crippen LogP contribution is 2.36. The van der Waals surface area contributed by atoms with Gasteiger partial charge in [-0.2, -0.15) is 10.4 Å². The first-order valence-electron chi connectivity index (χ1n) is 11.8. The van der Waals surface area contributed by atoms with Crippen LogP contribution in [0.15, 0.2) is 36.4 Å². The number of hydrogen-bond acceptors (Lipinski definition) is 5. The fourth-order valence-corrected chi connectivity index (χ4v) is 5.38. The smallest absolute Gasteiger partial charge is 0.170 e. The third-order valence-electron chi connectivity index (χ3n) is 6.60. The second kappa shape index (κ2) is 9.58. The predicted molar refractivity (Wildman–Crippen MR) is 136 cm³/mol. The minimum atomic E-state index is -1.16. The van der Waals surface area contributed by atoms with Gasteiger partial charge in [-0.3, -0.25) is 0 Å². The molecule has 2 heterocycles. The van der Waals surface area contributed by atoms with E-state index in [-0.39, 0.29) is 0 Å². The van der Waals surface area contributed by atoms with E-state index in [4.69, 9.17) is 4.74 Å². The topological polar surface area (TPSA) is 74.3 Å². The van der Waals surface area contributed by atoms with Gasteiger partial charge in [0.1, 0.15) is 18.5 Å². The number of piperidine rings is 1. The monoisotopic (exact) mass is 462 g/mol.